The first-order chi connectivity index (χ1) is 9.63. The first-order valence-electron chi connectivity index (χ1n) is 6.29. The summed E-state index contributed by atoms with van der Waals surface area (Å²) in [6, 6.07) is 9.89. The summed E-state index contributed by atoms with van der Waals surface area (Å²) in [5.74, 6) is 0.791. The number of imidazole rings is 1. The van der Waals surface area contributed by atoms with Crippen LogP contribution in [0, 0.1) is 0 Å². The monoisotopic (exact) mass is 285 g/mol. The second-order valence-electron chi connectivity index (χ2n) is 4.71. The van der Waals surface area contributed by atoms with Gasteiger partial charge in [-0.05, 0) is 12.2 Å². The van der Waals surface area contributed by atoms with E-state index in [1.54, 1.807) is 6.26 Å². The molecule has 0 spiro atoms. The summed E-state index contributed by atoms with van der Waals surface area (Å²) in [7, 11) is -1.03. The number of aromatic amines is 1. The Morgan fingerprint density at radius 3 is 2.70 bits per heavy atom. The molecule has 5 heteroatoms. The average Bonchev–Trinajstić information content (AvgIpc) is 2.74. The molecule has 1 aromatic heterocycles. The molecule has 4 nitrogen and oxygen atoms in total. The molecule has 0 saturated carbocycles. The highest BCUT2D eigenvalue weighted by atomic mass is 32.2. The van der Waals surface area contributed by atoms with Gasteiger partial charge >= 0.3 is 0 Å². The summed E-state index contributed by atoms with van der Waals surface area (Å²) >= 11 is 0. The maximum Gasteiger partial charge on any atom is 0.138 e. The van der Waals surface area contributed by atoms with Crippen LogP contribution in [0.1, 0.15) is 17.8 Å². The predicted octanol–water partition coefficient (Wildman–Crippen LogP) is 2.50. The van der Waals surface area contributed by atoms with Crippen molar-refractivity contribution in [1.82, 2.24) is 9.97 Å². The fraction of sp³-hybridized carbons (Fsp3) is 0.133. The molecule has 3 rings (SSSR count). The minimum absolute atomic E-state index is 0.522. The maximum atomic E-state index is 11.7. The summed E-state index contributed by atoms with van der Waals surface area (Å²) < 4.78 is 11.7. The van der Waals surface area contributed by atoms with Crippen LogP contribution < -0.4 is 5.73 Å². The Balaban J connectivity index is 2.11. The van der Waals surface area contributed by atoms with Gasteiger partial charge in [0.25, 0.3) is 0 Å². The first kappa shape index (κ1) is 12.9. The Hall–Kier alpha value is -2.14. The molecule has 1 atom stereocenters. The van der Waals surface area contributed by atoms with Crippen molar-refractivity contribution in [3.8, 4) is 11.4 Å². The zero-order valence-corrected chi connectivity index (χ0v) is 11.9. The summed E-state index contributed by atoms with van der Waals surface area (Å²) in [6.45, 7) is 0. The highest BCUT2D eigenvalue weighted by molar-refractivity contribution is 7.88. The molecule has 1 heterocycles. The third-order valence-corrected chi connectivity index (χ3v) is 4.18. The molecule has 0 amide bonds. The van der Waals surface area contributed by atoms with Crippen molar-refractivity contribution < 1.29 is 4.21 Å². The minimum atomic E-state index is -1.03. The fourth-order valence-electron chi connectivity index (χ4n) is 2.18. The quantitative estimate of drug-likeness (QED) is 0.890. The molecular weight excluding hydrogens is 270 g/mol. The topological polar surface area (TPSA) is 71.8 Å². The molecule has 1 aliphatic carbocycles. The van der Waals surface area contributed by atoms with Crippen LogP contribution in [0.3, 0.4) is 0 Å². The van der Waals surface area contributed by atoms with Gasteiger partial charge in [0.1, 0.15) is 5.82 Å². The highest BCUT2D eigenvalue weighted by Crippen LogP contribution is 2.26. The van der Waals surface area contributed by atoms with Crippen LogP contribution >= 0.6 is 0 Å². The highest BCUT2D eigenvalue weighted by Gasteiger charge is 2.15. The van der Waals surface area contributed by atoms with Gasteiger partial charge in [-0.3, -0.25) is 4.21 Å². The van der Waals surface area contributed by atoms with Gasteiger partial charge in [0.05, 0.1) is 11.4 Å². The van der Waals surface area contributed by atoms with E-state index in [4.69, 9.17) is 5.73 Å². The number of nitrogens with two attached hydrogens (primary N) is 1. The Kier molecular flexibility index (Phi) is 3.28. The number of fused-ring (bicyclic) bond motifs is 1. The zero-order chi connectivity index (χ0) is 14.1. The molecule has 1 aliphatic rings. The van der Waals surface area contributed by atoms with Crippen molar-refractivity contribution in [3.63, 3.8) is 0 Å². The van der Waals surface area contributed by atoms with Crippen LogP contribution in [0.5, 0.6) is 0 Å². The fourth-order valence-corrected chi connectivity index (χ4v) is 2.83. The number of allylic oxidation sites excluding steroid dienone is 1. The molecule has 0 aliphatic heterocycles. The molecule has 20 heavy (non-hydrogen) atoms. The van der Waals surface area contributed by atoms with Crippen LogP contribution in [-0.4, -0.2) is 20.4 Å². The SMILES string of the molecule is CS(=O)C1=Cc2[nH]c(-c3ccccc3)nc2C=C(N)C1. The van der Waals surface area contributed by atoms with E-state index in [2.05, 4.69) is 9.97 Å². The molecule has 1 aromatic carbocycles. The average molecular weight is 285 g/mol. The number of benzene rings is 1. The predicted molar refractivity (Wildman–Crippen MR) is 82.8 cm³/mol. The third kappa shape index (κ3) is 2.44. The molecular formula is C15H15N3OS. The largest absolute Gasteiger partial charge is 0.402 e. The summed E-state index contributed by atoms with van der Waals surface area (Å²) in [6.07, 6.45) is 5.92. The van der Waals surface area contributed by atoms with Gasteiger partial charge in [-0.15, -0.1) is 0 Å². The van der Waals surface area contributed by atoms with Crippen molar-refractivity contribution in [2.45, 2.75) is 6.42 Å². The number of rotatable bonds is 2. The first-order valence-corrected chi connectivity index (χ1v) is 7.85. The molecule has 1 unspecified atom stereocenters. The second kappa shape index (κ2) is 5.09. The number of hydrogen-bond acceptors (Lipinski definition) is 3. The van der Waals surface area contributed by atoms with E-state index in [0.717, 1.165) is 27.7 Å². The van der Waals surface area contributed by atoms with Gasteiger partial charge in [0.15, 0.2) is 0 Å². The molecule has 0 bridgehead atoms. The smallest absolute Gasteiger partial charge is 0.138 e. The van der Waals surface area contributed by atoms with Gasteiger partial charge in [-0.25, -0.2) is 4.98 Å². The van der Waals surface area contributed by atoms with Gasteiger partial charge < -0.3 is 10.7 Å². The Bertz CT molecular complexity index is 729. The molecule has 0 radical (unpaired) electrons. The Morgan fingerprint density at radius 2 is 2.00 bits per heavy atom. The van der Waals surface area contributed by atoms with Crippen molar-refractivity contribution in [2.75, 3.05) is 6.26 Å². The van der Waals surface area contributed by atoms with E-state index in [-0.39, 0.29) is 0 Å². The van der Waals surface area contributed by atoms with Crippen LogP contribution in [-0.2, 0) is 10.8 Å². The maximum absolute atomic E-state index is 11.7. The zero-order valence-electron chi connectivity index (χ0n) is 11.1. The summed E-state index contributed by atoms with van der Waals surface area (Å²) in [4.78, 5) is 8.65. The number of nitrogens with zero attached hydrogens (tertiary/aromatic N) is 1. The van der Waals surface area contributed by atoms with Crippen LogP contribution in [0.25, 0.3) is 23.5 Å². The van der Waals surface area contributed by atoms with Crippen molar-refractivity contribution in [2.24, 2.45) is 5.73 Å². The third-order valence-electron chi connectivity index (χ3n) is 3.18. The lowest BCUT2D eigenvalue weighted by Crippen LogP contribution is -2.00. The second-order valence-corrected chi connectivity index (χ2v) is 6.14. The minimum Gasteiger partial charge on any atom is -0.402 e. The van der Waals surface area contributed by atoms with Gasteiger partial charge in [-0.2, -0.15) is 0 Å². The molecule has 102 valence electrons. The number of aromatic nitrogens is 2. The van der Waals surface area contributed by atoms with Gasteiger partial charge in [-0.1, -0.05) is 30.3 Å². The van der Waals surface area contributed by atoms with Crippen molar-refractivity contribution >= 4 is 23.0 Å². The lowest BCUT2D eigenvalue weighted by Gasteiger charge is -2.01. The van der Waals surface area contributed by atoms with Crippen molar-refractivity contribution in [3.05, 3.63) is 52.3 Å². The van der Waals surface area contributed by atoms with E-state index in [1.807, 2.05) is 42.5 Å². The van der Waals surface area contributed by atoms with Crippen LogP contribution in [0.15, 0.2) is 40.9 Å². The van der Waals surface area contributed by atoms with Crippen LogP contribution in [0.4, 0.5) is 0 Å². The van der Waals surface area contributed by atoms with Crippen molar-refractivity contribution in [1.29, 1.82) is 0 Å². The van der Waals surface area contributed by atoms with Gasteiger partial charge in [0.2, 0.25) is 0 Å². The molecule has 2 aromatic rings. The van der Waals surface area contributed by atoms with E-state index in [1.165, 1.54) is 0 Å². The molecule has 0 saturated heterocycles. The summed E-state index contributed by atoms with van der Waals surface area (Å²) in [5.41, 5.74) is 9.30. The van der Waals surface area contributed by atoms with E-state index < -0.39 is 10.8 Å². The molecule has 0 fully saturated rings. The Labute approximate surface area is 119 Å². The van der Waals surface area contributed by atoms with E-state index in [0.29, 0.717) is 12.1 Å². The standard InChI is InChI=1S/C15H15N3OS/c1-20(19)12-7-11(16)8-13-14(9-12)18-15(17-13)10-5-3-2-4-6-10/h2-6,8-9H,7,16H2,1H3,(H,17,18). The van der Waals surface area contributed by atoms with Gasteiger partial charge in [0, 0.05) is 39.6 Å². The van der Waals surface area contributed by atoms with Crippen LogP contribution in [0.2, 0.25) is 0 Å². The lowest BCUT2D eigenvalue weighted by molar-refractivity contribution is 0.689. The normalized spacial score (nSPS) is 15.8. The Morgan fingerprint density at radius 1 is 1.25 bits per heavy atom. The van der Waals surface area contributed by atoms with E-state index >= 15 is 0 Å². The van der Waals surface area contributed by atoms with E-state index in [9.17, 15) is 4.21 Å². The number of nitrogens with one attached hydrogen (secondary N) is 1. The summed E-state index contributed by atoms with van der Waals surface area (Å²) in [5, 5.41) is 0. The number of H-pyrrole nitrogens is 1. The molecule has 3 N–H and O–H groups in total. The lowest BCUT2D eigenvalue weighted by atomic mass is 10.2. The number of hydrogen-bond donors (Lipinski definition) is 2.